The van der Waals surface area contributed by atoms with E-state index in [1.165, 1.54) is 0 Å². The molecule has 0 spiro atoms. The molecule has 0 aliphatic carbocycles. The molecule has 0 atom stereocenters. The Morgan fingerprint density at radius 2 is 1.71 bits per heavy atom. The first-order valence-electron chi connectivity index (χ1n) is 8.78. The van der Waals surface area contributed by atoms with Crippen LogP contribution in [0, 0.1) is 6.92 Å². The van der Waals surface area contributed by atoms with Gasteiger partial charge in [0.1, 0.15) is 17.5 Å². The predicted molar refractivity (Wildman–Crippen MR) is 107 cm³/mol. The maximum absolute atomic E-state index is 12.0. The molecular formula is C19H21N7O2. The number of carbonyl (C=O) groups excluding carboxylic acids is 1. The molecule has 2 heterocycles. The summed E-state index contributed by atoms with van der Waals surface area (Å²) in [5.41, 5.74) is 1.49. The van der Waals surface area contributed by atoms with E-state index in [0.717, 1.165) is 18.1 Å². The van der Waals surface area contributed by atoms with E-state index >= 15 is 0 Å². The van der Waals surface area contributed by atoms with E-state index in [9.17, 15) is 4.79 Å². The quantitative estimate of drug-likeness (QED) is 0.547. The fourth-order valence-corrected chi connectivity index (χ4v) is 2.38. The highest BCUT2D eigenvalue weighted by Crippen LogP contribution is 2.19. The van der Waals surface area contributed by atoms with Crippen molar-refractivity contribution in [1.29, 1.82) is 0 Å². The molecule has 3 N–H and O–H groups in total. The molecule has 2 aromatic heterocycles. The second-order valence-corrected chi connectivity index (χ2v) is 5.79. The average Bonchev–Trinajstić information content (AvgIpc) is 2.69. The molecule has 144 valence electrons. The number of benzene rings is 1. The zero-order valence-electron chi connectivity index (χ0n) is 15.6. The molecule has 0 aliphatic heterocycles. The van der Waals surface area contributed by atoms with Crippen LogP contribution in [0.3, 0.4) is 0 Å². The Bertz CT molecular complexity index is 917. The van der Waals surface area contributed by atoms with Crippen LogP contribution in [0.25, 0.3) is 0 Å². The summed E-state index contributed by atoms with van der Waals surface area (Å²) in [6.07, 6.45) is 3.10. The minimum atomic E-state index is -0.296. The minimum Gasteiger partial charge on any atom is -0.453 e. The highest BCUT2D eigenvalue weighted by molar-refractivity contribution is 5.92. The van der Waals surface area contributed by atoms with Crippen molar-refractivity contribution < 1.29 is 9.53 Å². The molecule has 0 unspecified atom stereocenters. The number of nitrogens with one attached hydrogen (secondary N) is 3. The van der Waals surface area contributed by atoms with E-state index in [2.05, 4.69) is 35.9 Å². The third-order valence-corrected chi connectivity index (χ3v) is 3.51. The van der Waals surface area contributed by atoms with E-state index in [1.807, 2.05) is 32.0 Å². The van der Waals surface area contributed by atoms with Gasteiger partial charge < -0.3 is 20.7 Å². The maximum Gasteiger partial charge on any atom is 0.316 e. The van der Waals surface area contributed by atoms with Crippen LogP contribution in [-0.2, 0) is 4.79 Å². The van der Waals surface area contributed by atoms with Gasteiger partial charge in [-0.3, -0.25) is 4.79 Å². The van der Waals surface area contributed by atoms with Gasteiger partial charge in [-0.25, -0.2) is 19.9 Å². The maximum atomic E-state index is 12.0. The normalized spacial score (nSPS) is 10.2. The van der Waals surface area contributed by atoms with Gasteiger partial charge >= 0.3 is 6.01 Å². The first-order valence-corrected chi connectivity index (χ1v) is 8.78. The Kier molecular flexibility index (Phi) is 6.29. The van der Waals surface area contributed by atoms with E-state index in [-0.39, 0.29) is 18.5 Å². The summed E-state index contributed by atoms with van der Waals surface area (Å²) in [7, 11) is 0. The van der Waals surface area contributed by atoms with Crippen molar-refractivity contribution in [1.82, 2.24) is 19.9 Å². The first-order chi connectivity index (χ1) is 13.6. The number of anilines is 4. The molecule has 3 rings (SSSR count). The molecule has 0 saturated heterocycles. The molecular weight excluding hydrogens is 358 g/mol. The lowest BCUT2D eigenvalue weighted by Gasteiger charge is -2.10. The van der Waals surface area contributed by atoms with Crippen LogP contribution < -0.4 is 20.7 Å². The van der Waals surface area contributed by atoms with Crippen molar-refractivity contribution in [3.63, 3.8) is 0 Å². The molecule has 9 nitrogen and oxygen atoms in total. The van der Waals surface area contributed by atoms with Gasteiger partial charge in [-0.2, -0.15) is 0 Å². The van der Waals surface area contributed by atoms with Gasteiger partial charge in [-0.15, -0.1) is 0 Å². The lowest BCUT2D eigenvalue weighted by molar-refractivity contribution is -0.118. The van der Waals surface area contributed by atoms with Crippen molar-refractivity contribution >= 4 is 28.9 Å². The Morgan fingerprint density at radius 1 is 1.04 bits per heavy atom. The minimum absolute atomic E-state index is 0.161. The van der Waals surface area contributed by atoms with Crippen molar-refractivity contribution in [2.75, 3.05) is 29.1 Å². The summed E-state index contributed by atoms with van der Waals surface area (Å²) in [5, 5.41) is 9.15. The molecule has 0 aliphatic rings. The lowest BCUT2D eigenvalue weighted by atomic mass is 10.2. The predicted octanol–water partition coefficient (Wildman–Crippen LogP) is 2.77. The van der Waals surface area contributed by atoms with Gasteiger partial charge in [0, 0.05) is 36.4 Å². The fraction of sp³-hybridized carbons (Fsp3) is 0.211. The topological polar surface area (TPSA) is 114 Å². The number of amides is 1. The van der Waals surface area contributed by atoms with Crippen molar-refractivity contribution in [2.45, 2.75) is 13.8 Å². The average molecular weight is 379 g/mol. The standard InChI is InChI=1S/C19H21N7O2/c1-3-20-16-11-17(24-13(2)23-16)25-14-5-7-15(8-6-14)26-18(27)12-28-19-21-9-4-10-22-19/h4-11H,3,12H2,1-2H3,(H,26,27)(H2,20,23,24,25). The third kappa shape index (κ3) is 5.63. The van der Waals surface area contributed by atoms with Crippen molar-refractivity contribution in [2.24, 2.45) is 0 Å². The molecule has 28 heavy (non-hydrogen) atoms. The monoisotopic (exact) mass is 379 g/mol. The van der Waals surface area contributed by atoms with Crippen LogP contribution in [0.1, 0.15) is 12.7 Å². The molecule has 0 radical (unpaired) electrons. The number of aromatic nitrogens is 4. The number of nitrogens with zero attached hydrogens (tertiary/aromatic N) is 4. The van der Waals surface area contributed by atoms with Crippen LogP contribution in [0.5, 0.6) is 6.01 Å². The molecule has 3 aromatic rings. The lowest BCUT2D eigenvalue weighted by Crippen LogP contribution is -2.20. The van der Waals surface area contributed by atoms with E-state index < -0.39 is 0 Å². The van der Waals surface area contributed by atoms with Gasteiger partial charge in [-0.05, 0) is 44.2 Å². The Balaban J connectivity index is 1.55. The molecule has 1 aromatic carbocycles. The number of aryl methyl sites for hydroxylation is 1. The van der Waals surface area contributed by atoms with Crippen LogP contribution in [-0.4, -0.2) is 39.0 Å². The smallest absolute Gasteiger partial charge is 0.316 e. The van der Waals surface area contributed by atoms with E-state index in [1.54, 1.807) is 30.6 Å². The molecule has 0 fully saturated rings. The molecule has 9 heteroatoms. The highest BCUT2D eigenvalue weighted by Gasteiger charge is 2.06. The van der Waals surface area contributed by atoms with Gasteiger partial charge in [0.05, 0.1) is 0 Å². The largest absolute Gasteiger partial charge is 0.453 e. The van der Waals surface area contributed by atoms with E-state index in [0.29, 0.717) is 17.3 Å². The van der Waals surface area contributed by atoms with Crippen LogP contribution in [0.4, 0.5) is 23.0 Å². The van der Waals surface area contributed by atoms with Gasteiger partial charge in [0.2, 0.25) is 0 Å². The summed E-state index contributed by atoms with van der Waals surface area (Å²) in [6, 6.07) is 11.0. The van der Waals surface area contributed by atoms with Crippen molar-refractivity contribution in [3.05, 3.63) is 54.6 Å². The summed E-state index contributed by atoms with van der Waals surface area (Å²) in [6.45, 7) is 4.46. The second-order valence-electron chi connectivity index (χ2n) is 5.79. The Morgan fingerprint density at radius 3 is 2.43 bits per heavy atom. The van der Waals surface area contributed by atoms with Crippen LogP contribution >= 0.6 is 0 Å². The van der Waals surface area contributed by atoms with Crippen LogP contribution in [0.15, 0.2) is 48.8 Å². The van der Waals surface area contributed by atoms with Gasteiger partial charge in [-0.1, -0.05) is 0 Å². The Hall–Kier alpha value is -3.75. The number of carbonyl (C=O) groups is 1. The van der Waals surface area contributed by atoms with Crippen molar-refractivity contribution in [3.8, 4) is 6.01 Å². The van der Waals surface area contributed by atoms with Gasteiger partial charge in [0.25, 0.3) is 5.91 Å². The van der Waals surface area contributed by atoms with Gasteiger partial charge in [0.15, 0.2) is 6.61 Å². The number of hydrogen-bond donors (Lipinski definition) is 3. The SMILES string of the molecule is CCNc1cc(Nc2ccc(NC(=O)COc3ncccn3)cc2)nc(C)n1. The molecule has 1 amide bonds. The second kappa shape index (κ2) is 9.26. The zero-order valence-corrected chi connectivity index (χ0v) is 15.6. The molecule has 0 saturated carbocycles. The Labute approximate surface area is 162 Å². The summed E-state index contributed by atoms with van der Waals surface area (Å²) in [4.78, 5) is 28.5. The fourth-order valence-electron chi connectivity index (χ4n) is 2.38. The summed E-state index contributed by atoms with van der Waals surface area (Å²) < 4.78 is 5.22. The first kappa shape index (κ1) is 19.0. The van der Waals surface area contributed by atoms with E-state index in [4.69, 9.17) is 4.74 Å². The number of hydrogen-bond acceptors (Lipinski definition) is 8. The third-order valence-electron chi connectivity index (χ3n) is 3.51. The zero-order chi connectivity index (χ0) is 19.8. The summed E-state index contributed by atoms with van der Waals surface area (Å²) >= 11 is 0. The number of ether oxygens (including phenoxy) is 1. The number of rotatable bonds is 8. The summed E-state index contributed by atoms with van der Waals surface area (Å²) in [5.74, 6) is 1.84. The van der Waals surface area contributed by atoms with Crippen LogP contribution in [0.2, 0.25) is 0 Å². The highest BCUT2D eigenvalue weighted by atomic mass is 16.5. The molecule has 0 bridgehead atoms.